The standard InChI is InChI=1S/C42H59N11O17/c1-24(54)47-30(15-25-16-44-27-6-3-2-5-26(25)27)40(68)49-29(9-12-51(20-35(59)60)21-36(61)62)42(70)53-10-4-7-31(53)41(69)46-18-33(56)48-28(39(67)45-17-32(43)55)8-11-50(19-34(57)58)13-14-52(22-37(63)64)23-38(65)66/h2-3,5-6,16,28-31,44H,4,7-15,17-23H2,1H3,(H2,43,55)(H,45,67)(H,46,69)(H,47,54)(H,48,56)(H,49,68)(H,57,58)(H,59,60)(H,61,62)(H,63,64)(H,65,66)/t28-,29-,30-,31-/m0/s1. The van der Waals surface area contributed by atoms with Crippen molar-refractivity contribution in [2.45, 2.75) is 63.2 Å². The molecule has 1 fully saturated rings. The van der Waals surface area contributed by atoms with Crippen molar-refractivity contribution in [3.63, 3.8) is 0 Å². The van der Waals surface area contributed by atoms with Gasteiger partial charge in [0.1, 0.15) is 24.2 Å². The number of para-hydroxylation sites is 1. The zero-order valence-electron chi connectivity index (χ0n) is 38.2. The Morgan fingerprint density at radius 1 is 0.671 bits per heavy atom. The van der Waals surface area contributed by atoms with E-state index in [1.165, 1.54) is 11.8 Å². The summed E-state index contributed by atoms with van der Waals surface area (Å²) in [6.07, 6.45) is 1.32. The number of rotatable bonds is 32. The highest BCUT2D eigenvalue weighted by molar-refractivity contribution is 5.96. The molecule has 0 saturated carbocycles. The second-order valence-corrected chi connectivity index (χ2v) is 16.3. The summed E-state index contributed by atoms with van der Waals surface area (Å²) in [5.41, 5.74) is 6.55. The van der Waals surface area contributed by atoms with Crippen molar-refractivity contribution >= 4 is 82.1 Å². The number of carbonyl (C=O) groups is 12. The first-order chi connectivity index (χ1) is 33.0. The Labute approximate surface area is 399 Å². The van der Waals surface area contributed by atoms with Crippen molar-refractivity contribution in [1.29, 1.82) is 0 Å². The summed E-state index contributed by atoms with van der Waals surface area (Å²) in [6.45, 7) is -4.68. The summed E-state index contributed by atoms with van der Waals surface area (Å²) in [6, 6.07) is 1.75. The molecule has 3 rings (SSSR count). The van der Waals surface area contributed by atoms with Gasteiger partial charge in [-0.25, -0.2) is 0 Å². The highest BCUT2D eigenvalue weighted by Gasteiger charge is 2.39. The number of hydrogen-bond acceptors (Lipinski definition) is 15. The number of aliphatic carboxylic acids is 5. The van der Waals surface area contributed by atoms with Crippen LogP contribution in [0.2, 0.25) is 0 Å². The number of primary amides is 1. The van der Waals surface area contributed by atoms with Crippen LogP contribution in [-0.2, 0) is 64.0 Å². The van der Waals surface area contributed by atoms with Gasteiger partial charge in [0.25, 0.3) is 0 Å². The molecule has 0 spiro atoms. The topological polar surface area (TPSA) is 421 Å². The molecule has 2 heterocycles. The van der Waals surface area contributed by atoms with Crippen molar-refractivity contribution in [1.82, 2.24) is 51.2 Å². The lowest BCUT2D eigenvalue weighted by molar-refractivity contribution is -0.144. The number of fused-ring (bicyclic) bond motifs is 1. The van der Waals surface area contributed by atoms with Crippen molar-refractivity contribution in [2.75, 3.05) is 78.5 Å². The van der Waals surface area contributed by atoms with E-state index in [1.54, 1.807) is 30.5 Å². The Morgan fingerprint density at radius 3 is 1.80 bits per heavy atom. The molecular weight excluding hydrogens is 931 g/mol. The van der Waals surface area contributed by atoms with Crippen molar-refractivity contribution in [3.8, 4) is 0 Å². The Balaban J connectivity index is 1.79. The van der Waals surface area contributed by atoms with Gasteiger partial charge in [-0.2, -0.15) is 0 Å². The summed E-state index contributed by atoms with van der Waals surface area (Å²) in [4.78, 5) is 157. The fourth-order valence-corrected chi connectivity index (χ4v) is 7.67. The van der Waals surface area contributed by atoms with E-state index in [-0.39, 0.29) is 64.8 Å². The Morgan fingerprint density at radius 2 is 1.21 bits per heavy atom. The minimum Gasteiger partial charge on any atom is -0.480 e. The van der Waals surface area contributed by atoms with E-state index < -0.39 is 141 Å². The van der Waals surface area contributed by atoms with Gasteiger partial charge in [-0.05, 0) is 37.3 Å². The number of hydrogen-bond donors (Lipinski definition) is 12. The number of nitrogens with two attached hydrogens (primary N) is 1. The maximum absolute atomic E-state index is 14.4. The molecule has 13 N–H and O–H groups in total. The van der Waals surface area contributed by atoms with E-state index in [4.69, 9.17) is 15.9 Å². The highest BCUT2D eigenvalue weighted by atomic mass is 16.4. The fraction of sp³-hybridized carbons (Fsp3) is 0.524. The molecule has 1 aromatic carbocycles. The van der Waals surface area contributed by atoms with Crippen molar-refractivity contribution in [2.24, 2.45) is 5.73 Å². The monoisotopic (exact) mass is 989 g/mol. The van der Waals surface area contributed by atoms with Crippen molar-refractivity contribution in [3.05, 3.63) is 36.0 Å². The molecule has 70 heavy (non-hydrogen) atoms. The number of benzene rings is 1. The second-order valence-electron chi connectivity index (χ2n) is 16.3. The number of carboxylic acid groups (broad SMARTS) is 5. The van der Waals surface area contributed by atoms with Crippen molar-refractivity contribution < 1.29 is 83.1 Å². The van der Waals surface area contributed by atoms with Gasteiger partial charge in [0.2, 0.25) is 41.4 Å². The highest BCUT2D eigenvalue weighted by Crippen LogP contribution is 2.21. The van der Waals surface area contributed by atoms with Gasteiger partial charge in [0.15, 0.2) is 0 Å². The summed E-state index contributed by atoms with van der Waals surface area (Å²) in [5.74, 6) is -12.6. The Bertz CT molecular complexity index is 2220. The third-order valence-corrected chi connectivity index (χ3v) is 10.8. The summed E-state index contributed by atoms with van der Waals surface area (Å²) >= 11 is 0. The van der Waals surface area contributed by atoms with Gasteiger partial charge < -0.3 is 67.7 Å². The SMILES string of the molecule is CC(=O)N[C@@H](Cc1c[nH]c2ccccc12)C(=O)N[C@@H](CCN(CC(=O)O)CC(=O)O)C(=O)N1CCC[C@H]1C(=O)NCC(=O)N[C@@H](CCN(CCN(CC(=O)O)CC(=O)O)CC(=O)O)C(=O)NCC(N)=O. The maximum atomic E-state index is 14.4. The van der Waals surface area contributed by atoms with Gasteiger partial charge in [-0.3, -0.25) is 72.2 Å². The summed E-state index contributed by atoms with van der Waals surface area (Å²) < 4.78 is 0. The first kappa shape index (κ1) is 56.6. The zero-order valence-corrected chi connectivity index (χ0v) is 38.2. The predicted octanol–water partition coefficient (Wildman–Crippen LogP) is -5.00. The Hall–Kier alpha value is -7.72. The smallest absolute Gasteiger partial charge is 0.317 e. The molecule has 384 valence electrons. The maximum Gasteiger partial charge on any atom is 0.317 e. The van der Waals surface area contributed by atoms with Crippen LogP contribution in [0.1, 0.15) is 38.2 Å². The quantitative estimate of drug-likeness (QED) is 0.0327. The van der Waals surface area contributed by atoms with E-state index >= 15 is 0 Å². The number of amides is 7. The third-order valence-electron chi connectivity index (χ3n) is 10.8. The van der Waals surface area contributed by atoms with Crippen LogP contribution < -0.4 is 32.3 Å². The van der Waals surface area contributed by atoms with E-state index in [2.05, 4.69) is 31.6 Å². The number of nitrogens with zero attached hydrogens (tertiary/aromatic N) is 4. The number of carbonyl (C=O) groups excluding carboxylic acids is 7. The van der Waals surface area contributed by atoms with Crippen LogP contribution in [0, 0.1) is 0 Å². The molecule has 28 heteroatoms. The minimum absolute atomic E-state index is 0.0206. The molecule has 0 aliphatic carbocycles. The predicted molar refractivity (Wildman–Crippen MR) is 240 cm³/mol. The average molecular weight is 990 g/mol. The van der Waals surface area contributed by atoms with Crippen LogP contribution in [0.3, 0.4) is 0 Å². The number of likely N-dealkylation sites (tertiary alicyclic amines) is 1. The van der Waals surface area contributed by atoms with Gasteiger partial charge in [-0.1, -0.05) is 18.2 Å². The first-order valence-corrected chi connectivity index (χ1v) is 21.8. The first-order valence-electron chi connectivity index (χ1n) is 21.8. The molecule has 2 aromatic rings. The zero-order chi connectivity index (χ0) is 52.1. The van der Waals surface area contributed by atoms with Crippen LogP contribution in [-0.4, -0.2) is 224 Å². The van der Waals surface area contributed by atoms with E-state index in [0.29, 0.717) is 5.56 Å². The van der Waals surface area contributed by atoms with Gasteiger partial charge >= 0.3 is 29.8 Å². The largest absolute Gasteiger partial charge is 0.480 e. The van der Waals surface area contributed by atoms with E-state index in [1.807, 2.05) is 0 Å². The van der Waals surface area contributed by atoms with Gasteiger partial charge in [0.05, 0.1) is 45.8 Å². The molecule has 4 atom stereocenters. The van der Waals surface area contributed by atoms with E-state index in [0.717, 1.165) is 25.6 Å². The Kier molecular flexibility index (Phi) is 22.6. The van der Waals surface area contributed by atoms with Crippen LogP contribution in [0.15, 0.2) is 30.5 Å². The minimum atomic E-state index is -1.49. The second kappa shape index (κ2) is 27.9. The summed E-state index contributed by atoms with van der Waals surface area (Å²) in [7, 11) is 0. The van der Waals surface area contributed by atoms with Crippen LogP contribution in [0.25, 0.3) is 10.9 Å². The number of carboxylic acids is 5. The molecular formula is C42H59N11O17. The molecule has 0 unspecified atom stereocenters. The van der Waals surface area contributed by atoms with Crippen LogP contribution >= 0.6 is 0 Å². The van der Waals surface area contributed by atoms with E-state index in [9.17, 15) is 72.9 Å². The third kappa shape index (κ3) is 19.9. The number of nitrogens with one attached hydrogen (secondary N) is 6. The lowest BCUT2D eigenvalue weighted by Gasteiger charge is -2.31. The normalized spacial score (nSPS) is 14.6. The number of aromatic nitrogens is 1. The molecule has 1 saturated heterocycles. The lowest BCUT2D eigenvalue weighted by Crippen LogP contribution is -2.58. The average Bonchev–Trinajstić information content (AvgIpc) is 3.92. The number of H-pyrrole nitrogens is 1. The fourth-order valence-electron chi connectivity index (χ4n) is 7.67. The molecule has 0 radical (unpaired) electrons. The van der Waals surface area contributed by atoms with Crippen LogP contribution in [0.4, 0.5) is 0 Å². The molecule has 7 amide bonds. The molecule has 1 aliphatic heterocycles. The molecule has 1 aliphatic rings. The molecule has 28 nitrogen and oxygen atoms in total. The van der Waals surface area contributed by atoms with Gasteiger partial charge in [-0.15, -0.1) is 0 Å². The lowest BCUT2D eigenvalue weighted by atomic mass is 10.0. The van der Waals surface area contributed by atoms with Gasteiger partial charge in [0, 0.05) is 63.2 Å². The molecule has 0 bridgehead atoms. The molecule has 1 aromatic heterocycles. The van der Waals surface area contributed by atoms with Crippen LogP contribution in [0.5, 0.6) is 0 Å². The number of aromatic amines is 1. The summed E-state index contributed by atoms with van der Waals surface area (Å²) in [5, 5.41) is 59.6.